The third-order valence-corrected chi connectivity index (χ3v) is 8.04. The SMILES string of the molecule is Cc1ccc(S(=O)(=O)N(CC(=O)Nc2nc(-c3ccc(Cl)cc3)cn2-c2cccc(Cl)c2)CC(C)C)cc1. The number of hydrogen-bond donors (Lipinski definition) is 1. The number of nitrogens with one attached hydrogen (secondary N) is 1. The van der Waals surface area contributed by atoms with Gasteiger partial charge in [0.25, 0.3) is 0 Å². The van der Waals surface area contributed by atoms with Crippen molar-refractivity contribution in [2.24, 2.45) is 5.92 Å². The van der Waals surface area contributed by atoms with Crippen LogP contribution in [-0.4, -0.2) is 41.3 Å². The zero-order valence-corrected chi connectivity index (χ0v) is 23.6. The zero-order chi connectivity index (χ0) is 27.4. The van der Waals surface area contributed by atoms with Crippen LogP contribution in [0.5, 0.6) is 0 Å². The number of carbonyl (C=O) groups excluding carboxylic acids is 1. The molecule has 198 valence electrons. The van der Waals surface area contributed by atoms with Gasteiger partial charge < -0.3 is 0 Å². The molecule has 0 aliphatic carbocycles. The van der Waals surface area contributed by atoms with Crippen LogP contribution in [0.4, 0.5) is 5.95 Å². The molecule has 0 unspecified atom stereocenters. The predicted molar refractivity (Wildman–Crippen MR) is 152 cm³/mol. The van der Waals surface area contributed by atoms with Gasteiger partial charge in [-0.05, 0) is 55.3 Å². The highest BCUT2D eigenvalue weighted by molar-refractivity contribution is 7.89. The molecule has 0 fully saturated rings. The monoisotopic (exact) mass is 570 g/mol. The molecule has 1 N–H and O–H groups in total. The maximum Gasteiger partial charge on any atom is 0.243 e. The van der Waals surface area contributed by atoms with E-state index < -0.39 is 15.9 Å². The van der Waals surface area contributed by atoms with Gasteiger partial charge in [0.1, 0.15) is 0 Å². The van der Waals surface area contributed by atoms with Crippen LogP contribution in [0.25, 0.3) is 16.9 Å². The first-order chi connectivity index (χ1) is 18.0. The van der Waals surface area contributed by atoms with Crippen molar-refractivity contribution in [1.29, 1.82) is 0 Å². The summed E-state index contributed by atoms with van der Waals surface area (Å²) in [6.45, 7) is 5.51. The highest BCUT2D eigenvalue weighted by Crippen LogP contribution is 2.27. The first kappa shape index (κ1) is 27.9. The van der Waals surface area contributed by atoms with E-state index in [1.54, 1.807) is 65.4 Å². The Morgan fingerprint density at radius 3 is 2.32 bits per heavy atom. The Kier molecular flexibility index (Phi) is 8.57. The van der Waals surface area contributed by atoms with E-state index in [4.69, 9.17) is 23.2 Å². The Balaban J connectivity index is 1.66. The molecule has 4 rings (SSSR count). The van der Waals surface area contributed by atoms with E-state index >= 15 is 0 Å². The number of anilines is 1. The van der Waals surface area contributed by atoms with Gasteiger partial charge in [-0.2, -0.15) is 4.31 Å². The first-order valence-corrected chi connectivity index (χ1v) is 14.2. The molecule has 38 heavy (non-hydrogen) atoms. The van der Waals surface area contributed by atoms with Crippen LogP contribution in [-0.2, 0) is 14.8 Å². The highest BCUT2D eigenvalue weighted by atomic mass is 35.5. The standard InChI is InChI=1S/C28H28Cl2N4O3S/c1-19(2)16-33(38(36,37)25-13-7-20(3)8-14-25)18-27(35)32-28-31-26(21-9-11-22(29)12-10-21)17-34(28)24-6-4-5-23(30)15-24/h4-15,17,19H,16,18H2,1-3H3,(H,31,32,35). The lowest BCUT2D eigenvalue weighted by Crippen LogP contribution is -2.40. The molecule has 1 aromatic heterocycles. The van der Waals surface area contributed by atoms with Crippen molar-refractivity contribution < 1.29 is 13.2 Å². The Hall–Kier alpha value is -3.17. The number of rotatable bonds is 9. The molecule has 0 saturated heterocycles. The number of carbonyl (C=O) groups is 1. The number of hydrogen-bond acceptors (Lipinski definition) is 4. The lowest BCUT2D eigenvalue weighted by atomic mass is 10.2. The summed E-state index contributed by atoms with van der Waals surface area (Å²) in [4.78, 5) is 18.0. The van der Waals surface area contributed by atoms with Gasteiger partial charge in [0.05, 0.1) is 17.1 Å². The van der Waals surface area contributed by atoms with E-state index in [9.17, 15) is 13.2 Å². The number of aryl methyl sites for hydroxylation is 1. The number of sulfonamides is 1. The summed E-state index contributed by atoms with van der Waals surface area (Å²) < 4.78 is 29.7. The van der Waals surface area contributed by atoms with Gasteiger partial charge in [-0.1, -0.05) is 72.9 Å². The summed E-state index contributed by atoms with van der Waals surface area (Å²) in [5, 5.41) is 3.92. The van der Waals surface area contributed by atoms with Crippen molar-refractivity contribution in [3.8, 4) is 16.9 Å². The topological polar surface area (TPSA) is 84.3 Å². The Morgan fingerprint density at radius 1 is 1.00 bits per heavy atom. The second-order valence-electron chi connectivity index (χ2n) is 9.36. The molecule has 0 atom stereocenters. The predicted octanol–water partition coefficient (Wildman–Crippen LogP) is 6.44. The van der Waals surface area contributed by atoms with Gasteiger partial charge in [-0.25, -0.2) is 13.4 Å². The van der Waals surface area contributed by atoms with Crippen LogP contribution in [0.2, 0.25) is 10.0 Å². The van der Waals surface area contributed by atoms with E-state index in [1.807, 2.05) is 39.0 Å². The highest BCUT2D eigenvalue weighted by Gasteiger charge is 2.28. The maximum atomic E-state index is 13.4. The van der Waals surface area contributed by atoms with Gasteiger partial charge in [-0.15, -0.1) is 0 Å². The van der Waals surface area contributed by atoms with Crippen molar-refractivity contribution in [2.75, 3.05) is 18.4 Å². The average Bonchev–Trinajstić information content (AvgIpc) is 3.27. The fourth-order valence-electron chi connectivity index (χ4n) is 3.89. The fourth-order valence-corrected chi connectivity index (χ4v) is 5.76. The molecule has 0 bridgehead atoms. The number of halogens is 2. The minimum absolute atomic E-state index is 0.00739. The average molecular weight is 572 g/mol. The van der Waals surface area contributed by atoms with E-state index in [1.165, 1.54) is 4.31 Å². The van der Waals surface area contributed by atoms with Gasteiger partial charge in [0, 0.05) is 34.0 Å². The Bertz CT molecular complexity index is 1530. The van der Waals surface area contributed by atoms with Crippen molar-refractivity contribution in [2.45, 2.75) is 25.7 Å². The molecular weight excluding hydrogens is 543 g/mol. The van der Waals surface area contributed by atoms with Crippen molar-refractivity contribution in [3.63, 3.8) is 0 Å². The first-order valence-electron chi connectivity index (χ1n) is 12.0. The van der Waals surface area contributed by atoms with Crippen LogP contribution < -0.4 is 5.32 Å². The van der Waals surface area contributed by atoms with Crippen LogP contribution in [0, 0.1) is 12.8 Å². The maximum absolute atomic E-state index is 13.4. The summed E-state index contributed by atoms with van der Waals surface area (Å²) >= 11 is 12.3. The van der Waals surface area contributed by atoms with Crippen molar-refractivity contribution >= 4 is 45.1 Å². The molecule has 0 aliphatic rings. The van der Waals surface area contributed by atoms with Crippen LogP contribution >= 0.6 is 23.2 Å². The lowest BCUT2D eigenvalue weighted by Gasteiger charge is -2.23. The van der Waals surface area contributed by atoms with Crippen LogP contribution in [0.3, 0.4) is 0 Å². The van der Waals surface area contributed by atoms with E-state index in [0.717, 1.165) is 11.1 Å². The Labute approximate surface area is 233 Å². The summed E-state index contributed by atoms with van der Waals surface area (Å²) in [6, 6.07) is 20.9. The van der Waals surface area contributed by atoms with Crippen LogP contribution in [0.1, 0.15) is 19.4 Å². The smallest absolute Gasteiger partial charge is 0.243 e. The second-order valence-corrected chi connectivity index (χ2v) is 12.2. The summed E-state index contributed by atoms with van der Waals surface area (Å²) in [5.41, 5.74) is 3.03. The van der Waals surface area contributed by atoms with Gasteiger partial charge in [-0.3, -0.25) is 14.7 Å². The fraction of sp³-hybridized carbons (Fsp3) is 0.214. The third kappa shape index (κ3) is 6.63. The van der Waals surface area contributed by atoms with Gasteiger partial charge in [0.15, 0.2) is 0 Å². The summed E-state index contributed by atoms with van der Waals surface area (Å²) in [5.74, 6) is -0.273. The number of amides is 1. The second kappa shape index (κ2) is 11.7. The largest absolute Gasteiger partial charge is 0.294 e. The molecule has 10 heteroatoms. The molecule has 1 heterocycles. The van der Waals surface area contributed by atoms with E-state index in [2.05, 4.69) is 10.3 Å². The number of aromatic nitrogens is 2. The summed E-state index contributed by atoms with van der Waals surface area (Å²) in [7, 11) is -3.89. The zero-order valence-electron chi connectivity index (χ0n) is 21.2. The normalized spacial score (nSPS) is 11.8. The quantitative estimate of drug-likeness (QED) is 0.251. The minimum Gasteiger partial charge on any atom is -0.294 e. The van der Waals surface area contributed by atoms with Crippen molar-refractivity contribution in [3.05, 3.63) is 94.6 Å². The van der Waals surface area contributed by atoms with Gasteiger partial charge >= 0.3 is 0 Å². The van der Waals surface area contributed by atoms with E-state index in [0.29, 0.717) is 21.4 Å². The lowest BCUT2D eigenvalue weighted by molar-refractivity contribution is -0.116. The van der Waals surface area contributed by atoms with Crippen LogP contribution in [0.15, 0.2) is 83.9 Å². The number of benzene rings is 3. The summed E-state index contributed by atoms with van der Waals surface area (Å²) in [6.07, 6.45) is 1.78. The molecule has 0 saturated carbocycles. The third-order valence-electron chi connectivity index (χ3n) is 5.73. The molecule has 0 radical (unpaired) electrons. The molecular formula is C28H28Cl2N4O3S. The number of imidazole rings is 1. The number of nitrogens with zero attached hydrogens (tertiary/aromatic N) is 3. The molecule has 7 nitrogen and oxygen atoms in total. The minimum atomic E-state index is -3.89. The molecule has 4 aromatic rings. The molecule has 0 aliphatic heterocycles. The molecule has 1 amide bonds. The van der Waals surface area contributed by atoms with E-state index in [-0.39, 0.29) is 29.9 Å². The van der Waals surface area contributed by atoms with Crippen molar-refractivity contribution in [1.82, 2.24) is 13.9 Å². The Morgan fingerprint density at radius 2 is 1.68 bits per heavy atom. The van der Waals surface area contributed by atoms with Gasteiger partial charge in [0.2, 0.25) is 21.9 Å². The molecule has 3 aromatic carbocycles. The molecule has 0 spiro atoms.